The molecule has 3 heteroatoms. The first-order valence-corrected chi connectivity index (χ1v) is 7.28. The summed E-state index contributed by atoms with van der Waals surface area (Å²) >= 11 is 1.71. The van der Waals surface area contributed by atoms with Crippen molar-refractivity contribution in [2.24, 2.45) is 5.73 Å². The highest BCUT2D eigenvalue weighted by molar-refractivity contribution is 7.07. The predicted molar refractivity (Wildman–Crippen MR) is 75.2 cm³/mol. The van der Waals surface area contributed by atoms with Gasteiger partial charge < -0.3 is 10.5 Å². The molecule has 94 valence electrons. The molecule has 0 fully saturated rings. The lowest BCUT2D eigenvalue weighted by molar-refractivity contribution is 0.259. The van der Waals surface area contributed by atoms with Gasteiger partial charge >= 0.3 is 0 Å². The summed E-state index contributed by atoms with van der Waals surface area (Å²) in [5, 5.41) is 4.24. The number of hydrogen-bond acceptors (Lipinski definition) is 3. The number of ether oxygens (including phenoxy) is 1. The van der Waals surface area contributed by atoms with Gasteiger partial charge in [-0.3, -0.25) is 0 Å². The highest BCUT2D eigenvalue weighted by atomic mass is 32.1. The number of benzene rings is 1. The average Bonchev–Trinajstić information content (AvgIpc) is 2.93. The van der Waals surface area contributed by atoms with E-state index in [0.29, 0.717) is 5.92 Å². The maximum atomic E-state index is 6.29. The van der Waals surface area contributed by atoms with Crippen molar-refractivity contribution in [3.05, 3.63) is 52.2 Å². The van der Waals surface area contributed by atoms with Crippen molar-refractivity contribution >= 4 is 11.3 Å². The molecule has 1 aromatic carbocycles. The summed E-state index contributed by atoms with van der Waals surface area (Å²) in [5.41, 5.74) is 8.86. The van der Waals surface area contributed by atoms with Crippen molar-refractivity contribution in [2.45, 2.75) is 24.8 Å². The fraction of sp³-hybridized carbons (Fsp3) is 0.333. The molecule has 18 heavy (non-hydrogen) atoms. The number of nitrogens with two attached hydrogens (primary N) is 1. The van der Waals surface area contributed by atoms with Gasteiger partial charge in [0.25, 0.3) is 0 Å². The molecule has 1 aromatic heterocycles. The van der Waals surface area contributed by atoms with Crippen LogP contribution in [0.3, 0.4) is 0 Å². The molecule has 0 saturated heterocycles. The Morgan fingerprint density at radius 2 is 2.22 bits per heavy atom. The van der Waals surface area contributed by atoms with Crippen LogP contribution in [0.5, 0.6) is 5.75 Å². The first-order valence-electron chi connectivity index (χ1n) is 6.34. The van der Waals surface area contributed by atoms with Crippen LogP contribution >= 0.6 is 11.3 Å². The van der Waals surface area contributed by atoms with Crippen molar-refractivity contribution in [1.82, 2.24) is 0 Å². The number of rotatable bonds is 3. The third-order valence-electron chi connectivity index (χ3n) is 3.59. The largest absolute Gasteiger partial charge is 0.493 e. The summed E-state index contributed by atoms with van der Waals surface area (Å²) in [4.78, 5) is 0. The van der Waals surface area contributed by atoms with Gasteiger partial charge in [0, 0.05) is 6.04 Å². The first kappa shape index (κ1) is 11.8. The predicted octanol–water partition coefficient (Wildman–Crippen LogP) is 3.70. The van der Waals surface area contributed by atoms with Crippen molar-refractivity contribution < 1.29 is 4.74 Å². The van der Waals surface area contributed by atoms with Gasteiger partial charge in [-0.15, -0.1) is 0 Å². The second kappa shape index (κ2) is 5.12. The summed E-state index contributed by atoms with van der Waals surface area (Å²) in [6, 6.07) is 10.6. The van der Waals surface area contributed by atoms with E-state index in [2.05, 4.69) is 35.0 Å². The number of thiophene rings is 1. The SMILES string of the molecule is NC(CC1CCOc2ccccc21)c1ccsc1. The van der Waals surface area contributed by atoms with Gasteiger partial charge in [-0.25, -0.2) is 0 Å². The highest BCUT2D eigenvalue weighted by Gasteiger charge is 2.23. The van der Waals surface area contributed by atoms with Crippen LogP contribution in [-0.2, 0) is 0 Å². The standard InChI is InChI=1S/C15H17NOS/c16-14(12-6-8-18-10-12)9-11-5-7-17-15-4-2-1-3-13(11)15/h1-4,6,8,10-11,14H,5,7,9,16H2. The zero-order valence-corrected chi connectivity index (χ0v) is 11.0. The lowest BCUT2D eigenvalue weighted by Gasteiger charge is -2.27. The molecular formula is C15H17NOS. The van der Waals surface area contributed by atoms with E-state index in [1.165, 1.54) is 11.1 Å². The number of hydrogen-bond donors (Lipinski definition) is 1. The minimum absolute atomic E-state index is 0.132. The minimum atomic E-state index is 0.132. The van der Waals surface area contributed by atoms with Crippen molar-refractivity contribution in [2.75, 3.05) is 6.61 Å². The molecule has 0 aliphatic carbocycles. The number of fused-ring (bicyclic) bond motifs is 1. The van der Waals surface area contributed by atoms with Gasteiger partial charge in [-0.05, 0) is 52.8 Å². The van der Waals surface area contributed by atoms with E-state index in [4.69, 9.17) is 10.5 Å². The molecular weight excluding hydrogens is 242 g/mol. The molecule has 0 bridgehead atoms. The van der Waals surface area contributed by atoms with Gasteiger partial charge in [-0.1, -0.05) is 18.2 Å². The molecule has 2 N–H and O–H groups in total. The molecule has 2 nitrogen and oxygen atoms in total. The second-order valence-corrected chi connectivity index (χ2v) is 5.55. The molecule has 2 atom stereocenters. The molecule has 2 aromatic rings. The lowest BCUT2D eigenvalue weighted by atomic mass is 9.86. The Kier molecular flexibility index (Phi) is 3.35. The Bertz CT molecular complexity index is 509. The van der Waals surface area contributed by atoms with Gasteiger partial charge in [0.05, 0.1) is 6.61 Å². The van der Waals surface area contributed by atoms with Crippen LogP contribution in [0.15, 0.2) is 41.1 Å². The third-order valence-corrected chi connectivity index (χ3v) is 4.29. The maximum absolute atomic E-state index is 6.29. The minimum Gasteiger partial charge on any atom is -0.493 e. The maximum Gasteiger partial charge on any atom is 0.122 e. The highest BCUT2D eigenvalue weighted by Crippen LogP contribution is 2.38. The summed E-state index contributed by atoms with van der Waals surface area (Å²) in [5.74, 6) is 1.55. The van der Waals surface area contributed by atoms with Crippen molar-refractivity contribution in [3.63, 3.8) is 0 Å². The lowest BCUT2D eigenvalue weighted by Crippen LogP contribution is -2.19. The van der Waals surface area contributed by atoms with E-state index in [-0.39, 0.29) is 6.04 Å². The van der Waals surface area contributed by atoms with Crippen LogP contribution in [0.4, 0.5) is 0 Å². The number of para-hydroxylation sites is 1. The Labute approximate surface area is 111 Å². The normalized spacial score (nSPS) is 19.9. The molecule has 0 radical (unpaired) electrons. The fourth-order valence-electron chi connectivity index (χ4n) is 2.59. The summed E-state index contributed by atoms with van der Waals surface area (Å²) in [7, 11) is 0. The summed E-state index contributed by atoms with van der Waals surface area (Å²) in [6.07, 6.45) is 2.06. The van der Waals surface area contributed by atoms with Crippen LogP contribution in [0, 0.1) is 0 Å². The van der Waals surface area contributed by atoms with Crippen LogP contribution in [-0.4, -0.2) is 6.61 Å². The zero-order chi connectivity index (χ0) is 12.4. The Morgan fingerprint density at radius 1 is 1.33 bits per heavy atom. The van der Waals surface area contributed by atoms with Gasteiger partial charge in [-0.2, -0.15) is 11.3 Å². The van der Waals surface area contributed by atoms with Crippen LogP contribution < -0.4 is 10.5 Å². The average molecular weight is 259 g/mol. The third kappa shape index (κ3) is 2.28. The Balaban J connectivity index is 1.78. The van der Waals surface area contributed by atoms with E-state index >= 15 is 0 Å². The molecule has 2 heterocycles. The van der Waals surface area contributed by atoms with Crippen LogP contribution in [0.25, 0.3) is 0 Å². The summed E-state index contributed by atoms with van der Waals surface area (Å²) in [6.45, 7) is 0.804. The molecule has 0 amide bonds. The fourth-order valence-corrected chi connectivity index (χ4v) is 3.31. The van der Waals surface area contributed by atoms with E-state index in [1.807, 2.05) is 6.07 Å². The van der Waals surface area contributed by atoms with E-state index in [1.54, 1.807) is 11.3 Å². The smallest absolute Gasteiger partial charge is 0.122 e. The van der Waals surface area contributed by atoms with Crippen LogP contribution in [0.1, 0.15) is 35.9 Å². The molecule has 0 spiro atoms. The zero-order valence-electron chi connectivity index (χ0n) is 10.2. The van der Waals surface area contributed by atoms with Gasteiger partial charge in [0.15, 0.2) is 0 Å². The molecule has 1 aliphatic heterocycles. The van der Waals surface area contributed by atoms with Crippen molar-refractivity contribution in [3.8, 4) is 5.75 Å². The molecule has 3 rings (SSSR count). The Morgan fingerprint density at radius 3 is 3.06 bits per heavy atom. The summed E-state index contributed by atoms with van der Waals surface area (Å²) < 4.78 is 5.69. The monoisotopic (exact) mass is 259 g/mol. The second-order valence-electron chi connectivity index (χ2n) is 4.77. The van der Waals surface area contributed by atoms with Gasteiger partial charge in [0.2, 0.25) is 0 Å². The van der Waals surface area contributed by atoms with E-state index < -0.39 is 0 Å². The molecule has 0 saturated carbocycles. The van der Waals surface area contributed by atoms with E-state index in [9.17, 15) is 0 Å². The van der Waals surface area contributed by atoms with Crippen LogP contribution in [0.2, 0.25) is 0 Å². The molecule has 2 unspecified atom stereocenters. The molecule has 1 aliphatic rings. The van der Waals surface area contributed by atoms with Crippen molar-refractivity contribution in [1.29, 1.82) is 0 Å². The van der Waals surface area contributed by atoms with E-state index in [0.717, 1.165) is 25.2 Å². The topological polar surface area (TPSA) is 35.2 Å². The van der Waals surface area contributed by atoms with Gasteiger partial charge in [0.1, 0.15) is 5.75 Å². The quantitative estimate of drug-likeness (QED) is 0.912. The Hall–Kier alpha value is -1.32. The first-order chi connectivity index (χ1) is 8.84.